The van der Waals surface area contributed by atoms with Crippen molar-refractivity contribution in [3.63, 3.8) is 0 Å². The molecule has 20 heavy (non-hydrogen) atoms. The average molecular weight is 331 g/mol. The Hall–Kier alpha value is 0.380. The first-order valence-electron chi connectivity index (χ1n) is 7.01. The van der Waals surface area contributed by atoms with Crippen molar-refractivity contribution in [2.24, 2.45) is 0 Å². The topological polar surface area (TPSA) is 79.2 Å². The molecule has 0 bridgehead atoms. The molecule has 6 nitrogen and oxygen atoms in total. The van der Waals surface area contributed by atoms with Crippen LogP contribution in [0.2, 0.25) is 0 Å². The second kappa shape index (κ2) is 15.8. The molecule has 0 saturated heterocycles. The van der Waals surface area contributed by atoms with Gasteiger partial charge in [-0.15, -0.1) is 0 Å². The van der Waals surface area contributed by atoms with E-state index < -0.39 is 6.80 Å². The van der Waals surface area contributed by atoms with Gasteiger partial charge in [-0.25, -0.2) is 4.57 Å². The summed E-state index contributed by atoms with van der Waals surface area (Å²) in [6.07, 6.45) is 0. The summed E-state index contributed by atoms with van der Waals surface area (Å²) in [5.41, 5.74) is 0. The van der Waals surface area contributed by atoms with Gasteiger partial charge in [-0.2, -0.15) is 0 Å². The van der Waals surface area contributed by atoms with E-state index in [1.807, 2.05) is 13.8 Å². The van der Waals surface area contributed by atoms with Crippen LogP contribution in [-0.4, -0.2) is 66.9 Å². The Bertz CT molecular complexity index is 230. The van der Waals surface area contributed by atoms with Crippen LogP contribution in [-0.2, 0) is 13.6 Å². The molecule has 0 heterocycles. The van der Waals surface area contributed by atoms with Gasteiger partial charge in [0.1, 0.15) is 0 Å². The van der Waals surface area contributed by atoms with Crippen molar-refractivity contribution in [1.82, 2.24) is 4.90 Å². The molecule has 0 aromatic rings. The predicted octanol–water partition coefficient (Wildman–Crippen LogP) is 2.21. The van der Waals surface area contributed by atoms with Crippen molar-refractivity contribution < 1.29 is 23.8 Å². The maximum absolute atomic E-state index is 12.1. The summed E-state index contributed by atoms with van der Waals surface area (Å²) >= 11 is 1.30. The van der Waals surface area contributed by atoms with Crippen molar-refractivity contribution in [1.29, 1.82) is 0 Å². The van der Waals surface area contributed by atoms with Crippen LogP contribution in [0.25, 0.3) is 0 Å². The second-order valence-electron chi connectivity index (χ2n) is 3.59. The van der Waals surface area contributed by atoms with Crippen LogP contribution in [0.15, 0.2) is 0 Å². The number of rotatable bonds is 11. The molecule has 0 unspecified atom stereocenters. The molecule has 0 atom stereocenters. The van der Waals surface area contributed by atoms with Crippen molar-refractivity contribution >= 4 is 18.2 Å². The molecular formula is C12H30NO5PS. The highest BCUT2D eigenvalue weighted by molar-refractivity contribution is 8.55. The summed E-state index contributed by atoms with van der Waals surface area (Å²) < 4.78 is 22.5. The lowest BCUT2D eigenvalue weighted by Crippen LogP contribution is -2.25. The lowest BCUT2D eigenvalue weighted by Gasteiger charge is -2.20. The number of hydrogen-bond acceptors (Lipinski definition) is 7. The van der Waals surface area contributed by atoms with Gasteiger partial charge >= 0.3 is 6.80 Å². The minimum absolute atomic E-state index is 0.125. The molecule has 2 N–H and O–H groups in total. The Morgan fingerprint density at radius 3 is 1.75 bits per heavy atom. The maximum atomic E-state index is 12.1. The van der Waals surface area contributed by atoms with Gasteiger partial charge in [0.2, 0.25) is 0 Å². The van der Waals surface area contributed by atoms with Gasteiger partial charge in [0.25, 0.3) is 0 Å². The third-order valence-electron chi connectivity index (χ3n) is 2.23. The summed E-state index contributed by atoms with van der Waals surface area (Å²) in [6.45, 7) is 8.56. The Balaban J connectivity index is 0. The molecule has 0 aliphatic carbocycles. The fourth-order valence-corrected chi connectivity index (χ4v) is 4.66. The maximum Gasteiger partial charge on any atom is 0.389 e. The highest BCUT2D eigenvalue weighted by Crippen LogP contribution is 2.60. The molecule has 0 aliphatic rings. The second-order valence-corrected chi connectivity index (χ2v) is 7.78. The zero-order chi connectivity index (χ0) is 15.9. The van der Waals surface area contributed by atoms with E-state index in [4.69, 9.17) is 19.3 Å². The highest BCUT2D eigenvalue weighted by Gasteiger charge is 2.24. The van der Waals surface area contributed by atoms with Gasteiger partial charge in [0.05, 0.1) is 26.4 Å². The lowest BCUT2D eigenvalue weighted by molar-refractivity contribution is 0.186. The molecule has 0 fully saturated rings. The van der Waals surface area contributed by atoms with Crippen LogP contribution in [0.4, 0.5) is 0 Å². The molecule has 0 rings (SSSR count). The first-order valence-corrected chi connectivity index (χ1v) is 10.1. The first-order chi connectivity index (χ1) is 9.53. The summed E-state index contributed by atoms with van der Waals surface area (Å²) in [6, 6.07) is 0. The molecule has 0 radical (unpaired) electrons. The van der Waals surface area contributed by atoms with Gasteiger partial charge < -0.3 is 24.2 Å². The molecule has 124 valence electrons. The number of aliphatic hydroxyl groups excluding tert-OH is 2. The molecule has 0 saturated carbocycles. The SMILES string of the molecule is CCOP(=O)(OCC)SCCN(CC)CC.OCCO. The Labute approximate surface area is 127 Å². The monoisotopic (exact) mass is 331 g/mol. The van der Waals surface area contributed by atoms with Gasteiger partial charge in [0, 0.05) is 12.3 Å². The van der Waals surface area contributed by atoms with Crippen molar-refractivity contribution in [3.8, 4) is 0 Å². The molecule has 0 spiro atoms. The highest BCUT2D eigenvalue weighted by atomic mass is 32.7. The van der Waals surface area contributed by atoms with Gasteiger partial charge in [-0.05, 0) is 38.3 Å². The molecular weight excluding hydrogens is 301 g/mol. The minimum atomic E-state index is -2.91. The molecule has 0 amide bonds. The quantitative estimate of drug-likeness (QED) is 0.562. The van der Waals surface area contributed by atoms with Crippen LogP contribution in [0, 0.1) is 0 Å². The summed E-state index contributed by atoms with van der Waals surface area (Å²) in [4.78, 5) is 2.29. The van der Waals surface area contributed by atoms with Gasteiger partial charge in [-0.3, -0.25) is 0 Å². The van der Waals surface area contributed by atoms with E-state index in [1.165, 1.54) is 11.4 Å². The van der Waals surface area contributed by atoms with Gasteiger partial charge in [0.15, 0.2) is 0 Å². The third-order valence-corrected chi connectivity index (χ3v) is 6.18. The van der Waals surface area contributed by atoms with Crippen LogP contribution >= 0.6 is 18.2 Å². The van der Waals surface area contributed by atoms with E-state index in [0.717, 1.165) is 25.4 Å². The predicted molar refractivity (Wildman–Crippen MR) is 85.3 cm³/mol. The minimum Gasteiger partial charge on any atom is -0.394 e. The van der Waals surface area contributed by atoms with Crippen molar-refractivity contribution in [3.05, 3.63) is 0 Å². The molecule has 0 aliphatic heterocycles. The Morgan fingerprint density at radius 1 is 1.00 bits per heavy atom. The van der Waals surface area contributed by atoms with E-state index in [1.54, 1.807) is 0 Å². The molecule has 0 aromatic heterocycles. The average Bonchev–Trinajstić information content (AvgIpc) is 2.44. The fourth-order valence-electron chi connectivity index (χ4n) is 1.25. The summed E-state index contributed by atoms with van der Waals surface area (Å²) in [5, 5.41) is 15.2. The number of nitrogens with zero attached hydrogens (tertiary/aromatic N) is 1. The van der Waals surface area contributed by atoms with E-state index in [9.17, 15) is 4.57 Å². The fraction of sp³-hybridized carbons (Fsp3) is 1.00. The standard InChI is InChI=1S/C10H24NO3PS.C2H6O2/c1-5-11(6-2)9-10-16-15(12,13-7-3)14-8-4;3-1-2-4/h5-10H2,1-4H3;3-4H,1-2H2. The first kappa shape index (κ1) is 22.7. The van der Waals surface area contributed by atoms with Crippen LogP contribution in [0.3, 0.4) is 0 Å². The molecule has 0 aromatic carbocycles. The summed E-state index contributed by atoms with van der Waals surface area (Å²) in [7, 11) is 0. The van der Waals surface area contributed by atoms with Crippen LogP contribution in [0.1, 0.15) is 27.7 Å². The largest absolute Gasteiger partial charge is 0.394 e. The number of hydrogen-bond donors (Lipinski definition) is 2. The van der Waals surface area contributed by atoms with Crippen LogP contribution in [0.5, 0.6) is 0 Å². The van der Waals surface area contributed by atoms with Gasteiger partial charge in [-0.1, -0.05) is 13.8 Å². The summed E-state index contributed by atoms with van der Waals surface area (Å²) in [5.74, 6) is 0.777. The van der Waals surface area contributed by atoms with E-state index in [0.29, 0.717) is 13.2 Å². The van der Waals surface area contributed by atoms with E-state index >= 15 is 0 Å². The van der Waals surface area contributed by atoms with E-state index in [-0.39, 0.29) is 13.2 Å². The zero-order valence-corrected chi connectivity index (χ0v) is 14.8. The Morgan fingerprint density at radius 2 is 1.45 bits per heavy atom. The normalized spacial score (nSPS) is 11.3. The lowest BCUT2D eigenvalue weighted by atomic mass is 10.5. The van der Waals surface area contributed by atoms with Crippen LogP contribution < -0.4 is 0 Å². The third kappa shape index (κ3) is 13.4. The molecule has 8 heteroatoms. The zero-order valence-electron chi connectivity index (χ0n) is 13.1. The smallest absolute Gasteiger partial charge is 0.389 e. The van der Waals surface area contributed by atoms with E-state index in [2.05, 4.69) is 18.7 Å². The van der Waals surface area contributed by atoms with Crippen molar-refractivity contribution in [2.45, 2.75) is 27.7 Å². The number of aliphatic hydroxyl groups is 2. The Kier molecular flexibility index (Phi) is 17.9. The van der Waals surface area contributed by atoms with Crippen molar-refractivity contribution in [2.75, 3.05) is 51.8 Å².